The molecule has 1 fully saturated rings. The van der Waals surface area contributed by atoms with E-state index in [0.29, 0.717) is 13.1 Å². The summed E-state index contributed by atoms with van der Waals surface area (Å²) >= 11 is 6.10. The van der Waals surface area contributed by atoms with E-state index in [1.165, 1.54) is 4.31 Å². The fourth-order valence-corrected chi connectivity index (χ4v) is 4.68. The van der Waals surface area contributed by atoms with Crippen molar-refractivity contribution in [3.63, 3.8) is 0 Å². The first-order valence-corrected chi connectivity index (χ1v) is 8.66. The lowest BCUT2D eigenvalue weighted by Gasteiger charge is -2.33. The Balaban J connectivity index is 2.30. The first-order valence-electron chi connectivity index (χ1n) is 6.84. The first-order chi connectivity index (χ1) is 9.32. The third-order valence-electron chi connectivity index (χ3n) is 3.87. The molecule has 1 aromatic rings. The Morgan fingerprint density at radius 3 is 2.75 bits per heavy atom. The highest BCUT2D eigenvalue weighted by Gasteiger charge is 2.32. The third kappa shape index (κ3) is 3.17. The second kappa shape index (κ2) is 6.02. The normalized spacial score (nSPS) is 22.7. The Bertz CT molecular complexity index is 587. The maximum absolute atomic E-state index is 12.7. The Kier molecular flexibility index (Phi) is 4.74. The maximum Gasteiger partial charge on any atom is 0.244 e. The van der Waals surface area contributed by atoms with E-state index in [9.17, 15) is 8.42 Å². The van der Waals surface area contributed by atoms with E-state index in [1.807, 2.05) is 13.8 Å². The molecule has 2 rings (SSSR count). The minimum Gasteiger partial charge on any atom is -0.328 e. The molecule has 0 amide bonds. The zero-order valence-electron chi connectivity index (χ0n) is 11.8. The summed E-state index contributed by atoms with van der Waals surface area (Å²) in [6, 6.07) is 5.04. The van der Waals surface area contributed by atoms with Crippen molar-refractivity contribution in [3.8, 4) is 0 Å². The van der Waals surface area contributed by atoms with Crippen molar-refractivity contribution in [3.05, 3.63) is 28.8 Å². The number of benzene rings is 1. The van der Waals surface area contributed by atoms with Crippen LogP contribution in [0.25, 0.3) is 0 Å². The quantitative estimate of drug-likeness (QED) is 0.931. The van der Waals surface area contributed by atoms with Gasteiger partial charge in [0.1, 0.15) is 4.90 Å². The summed E-state index contributed by atoms with van der Waals surface area (Å²) in [5.41, 5.74) is 6.86. The number of halogens is 1. The lowest BCUT2D eigenvalue weighted by molar-refractivity contribution is 0.243. The largest absolute Gasteiger partial charge is 0.328 e. The van der Waals surface area contributed by atoms with Crippen LogP contribution in [-0.2, 0) is 10.0 Å². The van der Waals surface area contributed by atoms with Gasteiger partial charge in [0.05, 0.1) is 5.02 Å². The molecule has 1 aromatic carbocycles. The van der Waals surface area contributed by atoms with Gasteiger partial charge in [-0.1, -0.05) is 17.7 Å². The molecular weight excluding hydrogens is 296 g/mol. The van der Waals surface area contributed by atoms with E-state index in [0.717, 1.165) is 18.4 Å². The molecule has 1 heterocycles. The summed E-state index contributed by atoms with van der Waals surface area (Å²) in [7, 11) is -3.53. The third-order valence-corrected chi connectivity index (χ3v) is 6.22. The van der Waals surface area contributed by atoms with Crippen LogP contribution < -0.4 is 5.73 Å². The minimum absolute atomic E-state index is 0.00138. The molecule has 1 saturated heterocycles. The topological polar surface area (TPSA) is 63.4 Å². The molecule has 112 valence electrons. The molecule has 0 saturated carbocycles. The Morgan fingerprint density at radius 2 is 2.15 bits per heavy atom. The summed E-state index contributed by atoms with van der Waals surface area (Å²) < 4.78 is 26.9. The number of sulfonamides is 1. The molecule has 0 aliphatic carbocycles. The number of nitrogens with two attached hydrogens (primary N) is 1. The molecule has 0 bridgehead atoms. The van der Waals surface area contributed by atoms with Gasteiger partial charge >= 0.3 is 0 Å². The number of piperidine rings is 1. The first kappa shape index (κ1) is 15.8. The highest BCUT2D eigenvalue weighted by Crippen LogP contribution is 2.29. The van der Waals surface area contributed by atoms with Crippen LogP contribution in [0, 0.1) is 12.8 Å². The molecule has 2 N–H and O–H groups in total. The van der Waals surface area contributed by atoms with Crippen LogP contribution in [0.5, 0.6) is 0 Å². The number of hydrogen-bond donors (Lipinski definition) is 1. The van der Waals surface area contributed by atoms with Crippen molar-refractivity contribution >= 4 is 21.6 Å². The fraction of sp³-hybridized carbons (Fsp3) is 0.571. The van der Waals surface area contributed by atoms with Gasteiger partial charge in [0.2, 0.25) is 10.0 Å². The molecule has 1 aliphatic heterocycles. The lowest BCUT2D eigenvalue weighted by atomic mass is 9.93. The number of rotatable bonds is 3. The minimum atomic E-state index is -3.53. The van der Waals surface area contributed by atoms with Crippen molar-refractivity contribution in [2.45, 2.75) is 37.6 Å². The van der Waals surface area contributed by atoms with Crippen LogP contribution in [0.3, 0.4) is 0 Å². The van der Waals surface area contributed by atoms with Crippen molar-refractivity contribution in [1.29, 1.82) is 0 Å². The molecule has 0 aromatic heterocycles. The predicted octanol–water partition coefficient (Wildman–Crippen LogP) is 2.40. The van der Waals surface area contributed by atoms with Crippen molar-refractivity contribution in [2.75, 3.05) is 13.1 Å². The van der Waals surface area contributed by atoms with E-state index in [2.05, 4.69) is 0 Å². The van der Waals surface area contributed by atoms with Crippen LogP contribution in [0.1, 0.15) is 25.3 Å². The monoisotopic (exact) mass is 316 g/mol. The summed E-state index contributed by atoms with van der Waals surface area (Å²) in [6.07, 6.45) is 1.82. The average Bonchev–Trinajstić information content (AvgIpc) is 2.38. The zero-order chi connectivity index (χ0) is 14.9. The molecule has 0 spiro atoms. The molecule has 2 atom stereocenters. The van der Waals surface area contributed by atoms with Gasteiger partial charge in [-0.25, -0.2) is 8.42 Å². The molecule has 1 aliphatic rings. The Morgan fingerprint density at radius 1 is 1.45 bits per heavy atom. The van der Waals surface area contributed by atoms with Crippen molar-refractivity contribution < 1.29 is 8.42 Å². The summed E-state index contributed by atoms with van der Waals surface area (Å²) in [5.74, 6) is 0.211. The van der Waals surface area contributed by atoms with Crippen LogP contribution in [0.15, 0.2) is 23.1 Å². The van der Waals surface area contributed by atoms with Gasteiger partial charge in [-0.3, -0.25) is 0 Å². The average molecular weight is 317 g/mol. The van der Waals surface area contributed by atoms with Gasteiger partial charge in [0, 0.05) is 19.1 Å². The van der Waals surface area contributed by atoms with Crippen LogP contribution in [0.2, 0.25) is 5.02 Å². The lowest BCUT2D eigenvalue weighted by Crippen LogP contribution is -2.45. The van der Waals surface area contributed by atoms with E-state index in [4.69, 9.17) is 17.3 Å². The smallest absolute Gasteiger partial charge is 0.244 e. The van der Waals surface area contributed by atoms with E-state index in [1.54, 1.807) is 18.2 Å². The number of aryl methyl sites for hydroxylation is 1. The van der Waals surface area contributed by atoms with Crippen LogP contribution in [0.4, 0.5) is 0 Å². The molecule has 2 unspecified atom stereocenters. The Hall–Kier alpha value is -0.620. The Labute approximate surface area is 126 Å². The highest BCUT2D eigenvalue weighted by atomic mass is 35.5. The summed E-state index contributed by atoms with van der Waals surface area (Å²) in [6.45, 7) is 4.83. The molecule has 0 radical (unpaired) electrons. The van der Waals surface area contributed by atoms with Crippen LogP contribution >= 0.6 is 11.6 Å². The molecule has 20 heavy (non-hydrogen) atoms. The standard InChI is InChI=1S/C14H21ClN2O2S/c1-10-5-6-14(13(15)8-10)20(18,19)17-7-3-4-12(9-17)11(2)16/h5-6,8,11-12H,3-4,7,9,16H2,1-2H3. The van der Waals surface area contributed by atoms with Gasteiger partial charge in [0.25, 0.3) is 0 Å². The zero-order valence-corrected chi connectivity index (χ0v) is 13.4. The second-order valence-electron chi connectivity index (χ2n) is 5.56. The summed E-state index contributed by atoms with van der Waals surface area (Å²) in [4.78, 5) is 0.190. The van der Waals surface area contributed by atoms with Crippen molar-refractivity contribution in [2.24, 2.45) is 11.7 Å². The van der Waals surface area contributed by atoms with Gasteiger partial charge in [-0.2, -0.15) is 4.31 Å². The number of nitrogens with zero attached hydrogens (tertiary/aromatic N) is 1. The second-order valence-corrected chi connectivity index (χ2v) is 7.87. The van der Waals surface area contributed by atoms with Gasteiger partial charge in [0.15, 0.2) is 0 Å². The highest BCUT2D eigenvalue weighted by molar-refractivity contribution is 7.89. The molecule has 4 nitrogen and oxygen atoms in total. The van der Waals surface area contributed by atoms with Crippen LogP contribution in [-0.4, -0.2) is 31.9 Å². The van der Waals surface area contributed by atoms with E-state index >= 15 is 0 Å². The molecular formula is C14H21ClN2O2S. The van der Waals surface area contributed by atoms with E-state index < -0.39 is 10.0 Å². The van der Waals surface area contributed by atoms with E-state index in [-0.39, 0.29) is 21.9 Å². The van der Waals surface area contributed by atoms with Gasteiger partial charge in [-0.05, 0) is 50.3 Å². The fourth-order valence-electron chi connectivity index (χ4n) is 2.58. The predicted molar refractivity (Wildman–Crippen MR) is 81.3 cm³/mol. The molecule has 6 heteroatoms. The SMILES string of the molecule is Cc1ccc(S(=O)(=O)N2CCCC(C(C)N)C2)c(Cl)c1. The van der Waals surface area contributed by atoms with Crippen molar-refractivity contribution in [1.82, 2.24) is 4.31 Å². The van der Waals surface area contributed by atoms with Gasteiger partial charge < -0.3 is 5.73 Å². The number of hydrogen-bond acceptors (Lipinski definition) is 3. The summed E-state index contributed by atoms with van der Waals surface area (Å²) in [5, 5.41) is 0.285. The maximum atomic E-state index is 12.7. The van der Waals surface area contributed by atoms with Gasteiger partial charge in [-0.15, -0.1) is 0 Å².